The highest BCUT2D eigenvalue weighted by molar-refractivity contribution is 9.10. The van der Waals surface area contributed by atoms with Crippen LogP contribution in [0.4, 0.5) is 4.39 Å². The Morgan fingerprint density at radius 1 is 1.05 bits per heavy atom. The van der Waals surface area contributed by atoms with Crippen molar-refractivity contribution >= 4 is 15.9 Å². The maximum atomic E-state index is 13.2. The second kappa shape index (κ2) is 5.74. The van der Waals surface area contributed by atoms with E-state index in [0.717, 1.165) is 10.0 Å². The van der Waals surface area contributed by atoms with Crippen molar-refractivity contribution in [2.24, 2.45) is 0 Å². The maximum Gasteiger partial charge on any atom is 0.136 e. The summed E-state index contributed by atoms with van der Waals surface area (Å²) in [6, 6.07) is 8.71. The van der Waals surface area contributed by atoms with Gasteiger partial charge in [0.1, 0.15) is 18.2 Å². The average Bonchev–Trinajstić information content (AvgIpc) is 2.32. The molecule has 0 radical (unpaired) electrons. The quantitative estimate of drug-likeness (QED) is 0.764. The van der Waals surface area contributed by atoms with Gasteiger partial charge in [-0.15, -0.1) is 0 Å². The van der Waals surface area contributed by atoms with Crippen LogP contribution < -0.4 is 4.74 Å². The Morgan fingerprint density at radius 3 is 2.32 bits per heavy atom. The van der Waals surface area contributed by atoms with Gasteiger partial charge in [-0.2, -0.15) is 0 Å². The monoisotopic (exact) mass is 322 g/mol. The Morgan fingerprint density at radius 2 is 1.68 bits per heavy atom. The van der Waals surface area contributed by atoms with Gasteiger partial charge in [0, 0.05) is 6.07 Å². The molecule has 0 aliphatic carbocycles. The summed E-state index contributed by atoms with van der Waals surface area (Å²) in [5, 5.41) is 0. The lowest BCUT2D eigenvalue weighted by Crippen LogP contribution is -2.02. The molecule has 0 saturated carbocycles. The van der Waals surface area contributed by atoms with Crippen molar-refractivity contribution in [3.8, 4) is 5.75 Å². The number of hydrogen-bond acceptors (Lipinski definition) is 1. The molecule has 0 aromatic heterocycles. The van der Waals surface area contributed by atoms with E-state index in [1.165, 1.54) is 28.8 Å². The van der Waals surface area contributed by atoms with Gasteiger partial charge in [-0.05, 0) is 65.5 Å². The van der Waals surface area contributed by atoms with Gasteiger partial charge in [0.2, 0.25) is 0 Å². The molecule has 0 aliphatic heterocycles. The van der Waals surface area contributed by atoms with Crippen LogP contribution in [0.15, 0.2) is 34.8 Å². The van der Waals surface area contributed by atoms with Gasteiger partial charge < -0.3 is 4.74 Å². The minimum Gasteiger partial charge on any atom is -0.488 e. The second-order valence-electron chi connectivity index (χ2n) is 4.74. The molecule has 1 nitrogen and oxygen atoms in total. The second-order valence-corrected chi connectivity index (χ2v) is 5.60. The first-order valence-corrected chi connectivity index (χ1v) is 6.91. The van der Waals surface area contributed by atoms with Crippen molar-refractivity contribution < 1.29 is 9.13 Å². The molecule has 2 aromatic carbocycles. The minimum atomic E-state index is -0.296. The largest absolute Gasteiger partial charge is 0.488 e. The van der Waals surface area contributed by atoms with Crippen molar-refractivity contribution in [1.82, 2.24) is 0 Å². The van der Waals surface area contributed by atoms with E-state index in [1.807, 2.05) is 0 Å². The molecule has 0 fully saturated rings. The van der Waals surface area contributed by atoms with Crippen LogP contribution in [0.2, 0.25) is 0 Å². The van der Waals surface area contributed by atoms with E-state index in [0.29, 0.717) is 12.4 Å². The highest BCUT2D eigenvalue weighted by atomic mass is 79.9. The van der Waals surface area contributed by atoms with E-state index in [4.69, 9.17) is 4.74 Å². The van der Waals surface area contributed by atoms with E-state index in [1.54, 1.807) is 6.07 Å². The first-order valence-electron chi connectivity index (χ1n) is 6.12. The molecule has 0 atom stereocenters. The molecular weight excluding hydrogens is 307 g/mol. The van der Waals surface area contributed by atoms with Crippen LogP contribution in [0.1, 0.15) is 22.3 Å². The highest BCUT2D eigenvalue weighted by Crippen LogP contribution is 2.27. The van der Waals surface area contributed by atoms with Crippen molar-refractivity contribution in [2.75, 3.05) is 0 Å². The molecule has 3 heteroatoms. The Kier molecular flexibility index (Phi) is 4.25. The molecule has 0 aliphatic rings. The summed E-state index contributed by atoms with van der Waals surface area (Å²) in [5.74, 6) is 0.231. The molecule has 19 heavy (non-hydrogen) atoms. The van der Waals surface area contributed by atoms with Gasteiger partial charge in [-0.25, -0.2) is 4.39 Å². The minimum absolute atomic E-state index is 0.296. The zero-order valence-electron chi connectivity index (χ0n) is 11.3. The Bertz CT molecular complexity index is 585. The summed E-state index contributed by atoms with van der Waals surface area (Å²) in [5.41, 5.74) is 4.79. The molecular formula is C16H16BrFO. The summed E-state index contributed by atoms with van der Waals surface area (Å²) in [6.45, 7) is 6.66. The van der Waals surface area contributed by atoms with Crippen LogP contribution in [-0.4, -0.2) is 0 Å². The number of halogens is 2. The average molecular weight is 323 g/mol. The number of rotatable bonds is 3. The van der Waals surface area contributed by atoms with Gasteiger partial charge in [-0.1, -0.05) is 17.7 Å². The molecule has 0 saturated heterocycles. The fourth-order valence-corrected chi connectivity index (χ4v) is 2.54. The van der Waals surface area contributed by atoms with Gasteiger partial charge in [0.05, 0.1) is 4.47 Å². The first-order chi connectivity index (χ1) is 8.97. The SMILES string of the molecule is Cc1cc(C)c(COc2cc(F)ccc2Br)c(C)c1. The number of aryl methyl sites for hydroxylation is 3. The first kappa shape index (κ1) is 14.1. The molecule has 0 N–H and O–H groups in total. The summed E-state index contributed by atoms with van der Waals surface area (Å²) in [7, 11) is 0. The van der Waals surface area contributed by atoms with Crippen molar-refractivity contribution in [3.05, 3.63) is 62.9 Å². The van der Waals surface area contributed by atoms with E-state index < -0.39 is 0 Å². The summed E-state index contributed by atoms with van der Waals surface area (Å²) in [6.07, 6.45) is 0. The van der Waals surface area contributed by atoms with Gasteiger partial charge in [0.15, 0.2) is 0 Å². The number of hydrogen-bond donors (Lipinski definition) is 0. The van der Waals surface area contributed by atoms with E-state index >= 15 is 0 Å². The lowest BCUT2D eigenvalue weighted by Gasteiger charge is -2.13. The third-order valence-electron chi connectivity index (χ3n) is 3.11. The fourth-order valence-electron chi connectivity index (χ4n) is 2.18. The predicted molar refractivity (Wildman–Crippen MR) is 79.1 cm³/mol. The zero-order chi connectivity index (χ0) is 14.0. The Hall–Kier alpha value is -1.35. The fraction of sp³-hybridized carbons (Fsp3) is 0.250. The molecule has 100 valence electrons. The molecule has 0 amide bonds. The predicted octanol–water partition coefficient (Wildman–Crippen LogP) is 5.09. The molecule has 0 heterocycles. The van der Waals surface area contributed by atoms with Crippen molar-refractivity contribution in [2.45, 2.75) is 27.4 Å². The van der Waals surface area contributed by atoms with Crippen LogP contribution in [0.3, 0.4) is 0 Å². The maximum absolute atomic E-state index is 13.2. The standard InChI is InChI=1S/C16H16BrFO/c1-10-6-11(2)14(12(3)7-10)9-19-16-8-13(18)4-5-15(16)17/h4-8H,9H2,1-3H3. The molecule has 2 aromatic rings. The number of ether oxygens (including phenoxy) is 1. The Labute approximate surface area is 121 Å². The zero-order valence-corrected chi connectivity index (χ0v) is 12.8. The van der Waals surface area contributed by atoms with Gasteiger partial charge in [0.25, 0.3) is 0 Å². The molecule has 0 bridgehead atoms. The van der Waals surface area contributed by atoms with Gasteiger partial charge in [-0.3, -0.25) is 0 Å². The summed E-state index contributed by atoms with van der Waals surface area (Å²) >= 11 is 3.36. The highest BCUT2D eigenvalue weighted by Gasteiger charge is 2.07. The lowest BCUT2D eigenvalue weighted by atomic mass is 10.0. The van der Waals surface area contributed by atoms with Gasteiger partial charge >= 0.3 is 0 Å². The van der Waals surface area contributed by atoms with Crippen LogP contribution >= 0.6 is 15.9 Å². The van der Waals surface area contributed by atoms with Crippen LogP contribution in [-0.2, 0) is 6.61 Å². The van der Waals surface area contributed by atoms with Crippen LogP contribution in [0.5, 0.6) is 5.75 Å². The Balaban J connectivity index is 2.21. The molecule has 2 rings (SSSR count). The summed E-state index contributed by atoms with van der Waals surface area (Å²) < 4.78 is 19.7. The lowest BCUT2D eigenvalue weighted by molar-refractivity contribution is 0.301. The van der Waals surface area contributed by atoms with Crippen molar-refractivity contribution in [3.63, 3.8) is 0 Å². The van der Waals surface area contributed by atoms with E-state index in [9.17, 15) is 4.39 Å². The summed E-state index contributed by atoms with van der Waals surface area (Å²) in [4.78, 5) is 0. The third kappa shape index (κ3) is 3.35. The third-order valence-corrected chi connectivity index (χ3v) is 3.76. The molecule has 0 unspecified atom stereocenters. The topological polar surface area (TPSA) is 9.23 Å². The van der Waals surface area contributed by atoms with Crippen LogP contribution in [0, 0.1) is 26.6 Å². The van der Waals surface area contributed by atoms with Crippen LogP contribution in [0.25, 0.3) is 0 Å². The number of benzene rings is 2. The van der Waals surface area contributed by atoms with E-state index in [-0.39, 0.29) is 5.82 Å². The van der Waals surface area contributed by atoms with Crippen molar-refractivity contribution in [1.29, 1.82) is 0 Å². The normalized spacial score (nSPS) is 10.6. The van der Waals surface area contributed by atoms with E-state index in [2.05, 4.69) is 48.8 Å². The smallest absolute Gasteiger partial charge is 0.136 e. The molecule has 0 spiro atoms.